The standard InChI is InChI=1S/C25H21ClN2O5S/c1-14-8-16(15(2)28(14)19-6-4-5-7-20(19)31-3)10-23-24(29)27(25(30)34-23)12-17-9-21-22(11-18(17)26)33-13-32-21/h4-11H,12-13H2,1-3H3/b23-10-. The summed E-state index contributed by atoms with van der Waals surface area (Å²) in [7, 11) is 1.64. The van der Waals surface area contributed by atoms with Gasteiger partial charge >= 0.3 is 0 Å². The molecule has 0 aliphatic carbocycles. The fraction of sp³-hybridized carbons (Fsp3) is 0.200. The minimum Gasteiger partial charge on any atom is -0.495 e. The highest BCUT2D eigenvalue weighted by atomic mass is 35.5. The van der Waals surface area contributed by atoms with Crippen LogP contribution >= 0.6 is 23.4 Å². The lowest BCUT2D eigenvalue weighted by atomic mass is 10.2. The topological polar surface area (TPSA) is 70.0 Å². The van der Waals surface area contributed by atoms with Gasteiger partial charge in [0.1, 0.15) is 5.75 Å². The van der Waals surface area contributed by atoms with E-state index in [1.165, 1.54) is 4.90 Å². The number of thioether (sulfide) groups is 1. The summed E-state index contributed by atoms with van der Waals surface area (Å²) < 4.78 is 18.3. The highest BCUT2D eigenvalue weighted by Gasteiger charge is 2.36. The number of nitrogens with zero attached hydrogens (tertiary/aromatic N) is 2. The van der Waals surface area contributed by atoms with Crippen molar-refractivity contribution in [3.05, 3.63) is 74.9 Å². The summed E-state index contributed by atoms with van der Waals surface area (Å²) in [5.74, 6) is 1.49. The van der Waals surface area contributed by atoms with Crippen LogP contribution in [0.5, 0.6) is 17.2 Å². The van der Waals surface area contributed by atoms with Gasteiger partial charge in [-0.05, 0) is 67.1 Å². The van der Waals surface area contributed by atoms with Crippen LogP contribution in [0.3, 0.4) is 0 Å². The largest absolute Gasteiger partial charge is 0.495 e. The number of aryl methyl sites for hydroxylation is 1. The van der Waals surface area contributed by atoms with E-state index < -0.39 is 0 Å². The van der Waals surface area contributed by atoms with Crippen molar-refractivity contribution in [3.8, 4) is 22.9 Å². The van der Waals surface area contributed by atoms with Crippen molar-refractivity contribution in [3.63, 3.8) is 0 Å². The molecule has 5 rings (SSSR count). The van der Waals surface area contributed by atoms with E-state index in [2.05, 4.69) is 4.57 Å². The number of hydrogen-bond acceptors (Lipinski definition) is 6. The van der Waals surface area contributed by atoms with Crippen molar-refractivity contribution in [2.24, 2.45) is 0 Å². The number of hydrogen-bond donors (Lipinski definition) is 0. The number of imide groups is 1. The zero-order valence-electron chi connectivity index (χ0n) is 18.8. The predicted octanol–water partition coefficient (Wildman–Crippen LogP) is 5.72. The second-order valence-corrected chi connectivity index (χ2v) is 9.30. The summed E-state index contributed by atoms with van der Waals surface area (Å²) in [6, 6.07) is 13.1. The van der Waals surface area contributed by atoms with Crippen LogP contribution in [0.15, 0.2) is 47.4 Å². The fourth-order valence-corrected chi connectivity index (χ4v) is 5.19. The van der Waals surface area contributed by atoms with E-state index in [-0.39, 0.29) is 24.5 Å². The third-order valence-electron chi connectivity index (χ3n) is 5.83. The van der Waals surface area contributed by atoms with Gasteiger partial charge in [-0.15, -0.1) is 0 Å². The Hall–Kier alpha value is -3.36. The fourth-order valence-electron chi connectivity index (χ4n) is 4.15. The monoisotopic (exact) mass is 496 g/mol. The van der Waals surface area contributed by atoms with Gasteiger partial charge in [0.25, 0.3) is 11.1 Å². The summed E-state index contributed by atoms with van der Waals surface area (Å²) in [5.41, 5.74) is 4.30. The molecule has 9 heteroatoms. The van der Waals surface area contributed by atoms with Crippen molar-refractivity contribution >= 4 is 40.6 Å². The molecule has 7 nitrogen and oxygen atoms in total. The van der Waals surface area contributed by atoms with E-state index in [9.17, 15) is 9.59 Å². The van der Waals surface area contributed by atoms with Crippen LogP contribution in [0.25, 0.3) is 11.8 Å². The van der Waals surface area contributed by atoms with E-state index in [0.29, 0.717) is 27.0 Å². The van der Waals surface area contributed by atoms with Crippen LogP contribution < -0.4 is 14.2 Å². The van der Waals surface area contributed by atoms with Gasteiger partial charge in [-0.2, -0.15) is 0 Å². The second-order valence-electron chi connectivity index (χ2n) is 7.90. The quantitative estimate of drug-likeness (QED) is 0.421. The summed E-state index contributed by atoms with van der Waals surface area (Å²) in [5, 5.41) is 0.0659. The van der Waals surface area contributed by atoms with E-state index in [0.717, 1.165) is 40.2 Å². The van der Waals surface area contributed by atoms with Crippen molar-refractivity contribution in [2.45, 2.75) is 20.4 Å². The highest BCUT2D eigenvalue weighted by molar-refractivity contribution is 8.18. The molecule has 0 bridgehead atoms. The maximum absolute atomic E-state index is 13.1. The zero-order valence-corrected chi connectivity index (χ0v) is 20.3. The Kier molecular flexibility index (Phi) is 5.79. The Morgan fingerprint density at radius 2 is 1.85 bits per heavy atom. The maximum Gasteiger partial charge on any atom is 0.293 e. The molecule has 3 heterocycles. The molecule has 34 heavy (non-hydrogen) atoms. The van der Waals surface area contributed by atoms with Gasteiger partial charge in [-0.3, -0.25) is 14.5 Å². The SMILES string of the molecule is COc1ccccc1-n1c(C)cc(/C=C2\SC(=O)N(Cc3cc4c(cc3Cl)OCO4)C2=O)c1C. The molecule has 0 unspecified atom stereocenters. The Morgan fingerprint density at radius 3 is 2.62 bits per heavy atom. The molecule has 0 atom stereocenters. The zero-order chi connectivity index (χ0) is 24.0. The molecular weight excluding hydrogens is 476 g/mol. The third-order valence-corrected chi connectivity index (χ3v) is 7.09. The summed E-state index contributed by atoms with van der Waals surface area (Å²) in [6.45, 7) is 4.14. The number of para-hydroxylation sites is 2. The van der Waals surface area contributed by atoms with Crippen molar-refractivity contribution in [2.75, 3.05) is 13.9 Å². The van der Waals surface area contributed by atoms with Gasteiger partial charge in [-0.1, -0.05) is 23.7 Å². The van der Waals surface area contributed by atoms with Crippen LogP contribution in [0.2, 0.25) is 5.02 Å². The van der Waals surface area contributed by atoms with Crippen LogP contribution in [0.1, 0.15) is 22.5 Å². The molecule has 1 saturated heterocycles. The lowest BCUT2D eigenvalue weighted by Crippen LogP contribution is -2.27. The van der Waals surface area contributed by atoms with Gasteiger partial charge < -0.3 is 18.8 Å². The van der Waals surface area contributed by atoms with E-state index in [4.69, 9.17) is 25.8 Å². The minimum atomic E-state index is -0.356. The molecule has 0 radical (unpaired) electrons. The summed E-state index contributed by atoms with van der Waals surface area (Å²) in [4.78, 5) is 27.4. The Balaban J connectivity index is 1.44. The average molecular weight is 497 g/mol. The van der Waals surface area contributed by atoms with Crippen molar-refractivity contribution < 1.29 is 23.8 Å². The summed E-state index contributed by atoms with van der Waals surface area (Å²) >= 11 is 7.27. The first kappa shape index (κ1) is 22.4. The highest BCUT2D eigenvalue weighted by Crippen LogP contribution is 2.40. The van der Waals surface area contributed by atoms with Gasteiger partial charge in [0.2, 0.25) is 6.79 Å². The Bertz CT molecular complexity index is 1360. The normalized spacial score (nSPS) is 16.1. The molecule has 2 aliphatic heterocycles. The molecule has 3 aromatic rings. The average Bonchev–Trinajstić information content (AvgIpc) is 3.46. The van der Waals surface area contributed by atoms with Gasteiger partial charge in [0.05, 0.1) is 24.2 Å². The predicted molar refractivity (Wildman–Crippen MR) is 131 cm³/mol. The number of fused-ring (bicyclic) bond motifs is 1. The van der Waals surface area contributed by atoms with Crippen molar-refractivity contribution in [1.82, 2.24) is 9.47 Å². The van der Waals surface area contributed by atoms with Gasteiger partial charge in [0, 0.05) is 22.5 Å². The number of carbonyl (C=O) groups is 2. The molecule has 2 amide bonds. The van der Waals surface area contributed by atoms with E-state index >= 15 is 0 Å². The van der Waals surface area contributed by atoms with Crippen molar-refractivity contribution in [1.29, 1.82) is 0 Å². The first-order valence-corrected chi connectivity index (χ1v) is 11.7. The lowest BCUT2D eigenvalue weighted by Gasteiger charge is -2.14. The molecule has 0 saturated carbocycles. The Morgan fingerprint density at radius 1 is 1.12 bits per heavy atom. The second kappa shape index (κ2) is 8.77. The number of amides is 2. The third kappa shape index (κ3) is 3.82. The smallest absolute Gasteiger partial charge is 0.293 e. The number of rotatable bonds is 5. The number of benzene rings is 2. The molecule has 1 fully saturated rings. The molecule has 2 aliphatic rings. The first-order chi connectivity index (χ1) is 16.4. The first-order valence-electron chi connectivity index (χ1n) is 10.5. The van der Waals surface area contributed by atoms with Crippen LogP contribution in [0, 0.1) is 13.8 Å². The Labute approximate surface area is 205 Å². The van der Waals surface area contributed by atoms with Gasteiger partial charge in [-0.25, -0.2) is 0 Å². The van der Waals surface area contributed by atoms with Gasteiger partial charge in [0.15, 0.2) is 11.5 Å². The molecular formula is C25H21ClN2O5S. The molecule has 0 spiro atoms. The minimum absolute atomic E-state index is 0.0533. The molecule has 2 aromatic carbocycles. The summed E-state index contributed by atoms with van der Waals surface area (Å²) in [6.07, 6.45) is 1.76. The van der Waals surface area contributed by atoms with Crippen LogP contribution in [-0.2, 0) is 11.3 Å². The lowest BCUT2D eigenvalue weighted by molar-refractivity contribution is -0.123. The molecule has 1 aromatic heterocycles. The van der Waals surface area contributed by atoms with E-state index in [1.54, 1.807) is 25.3 Å². The van der Waals surface area contributed by atoms with Crippen LogP contribution in [0.4, 0.5) is 4.79 Å². The number of aromatic nitrogens is 1. The van der Waals surface area contributed by atoms with Crippen LogP contribution in [-0.4, -0.2) is 34.5 Å². The number of carbonyl (C=O) groups excluding carboxylic acids is 2. The van der Waals surface area contributed by atoms with E-state index in [1.807, 2.05) is 44.2 Å². The molecule has 174 valence electrons. The molecule has 0 N–H and O–H groups in total. The number of halogens is 1. The number of ether oxygens (including phenoxy) is 3. The number of methoxy groups -OCH3 is 1. The maximum atomic E-state index is 13.1.